The molecule has 0 aromatic heterocycles. The maximum Gasteiger partial charge on any atom is 0.142 e. The van der Waals surface area contributed by atoms with E-state index in [1.54, 1.807) is 0 Å². The molecule has 2 aliphatic heterocycles. The molecular formula is C9H15N5. The number of nitrogens with zero attached hydrogens (tertiary/aromatic N) is 4. The van der Waals surface area contributed by atoms with Crippen LogP contribution in [0.2, 0.25) is 0 Å². The van der Waals surface area contributed by atoms with Gasteiger partial charge in [0.25, 0.3) is 0 Å². The van der Waals surface area contributed by atoms with E-state index in [0.717, 1.165) is 0 Å². The Kier molecular flexibility index (Phi) is 1.92. The fraction of sp³-hybridized carbons (Fsp3) is 0.667. The summed E-state index contributed by atoms with van der Waals surface area (Å²) in [5.41, 5.74) is 5.69. The van der Waals surface area contributed by atoms with Crippen LogP contribution in [0.4, 0.5) is 0 Å². The normalized spacial score (nSPS) is 35.2. The molecule has 0 saturated heterocycles. The fourth-order valence-electron chi connectivity index (χ4n) is 1.64. The van der Waals surface area contributed by atoms with Gasteiger partial charge in [0, 0.05) is 6.21 Å². The zero-order valence-electron chi connectivity index (χ0n) is 8.68. The highest BCUT2D eigenvalue weighted by Crippen LogP contribution is 2.24. The van der Waals surface area contributed by atoms with Crippen LogP contribution in [0.5, 0.6) is 0 Å². The standard InChI is InChI=1S/C9H15N5/c1-9(2)4-11-6-7(10)12-5-13-8(6)14(9)3/h4-6,8H,1-3H3,(H2,10,12,13). The molecule has 0 bridgehead atoms. The van der Waals surface area contributed by atoms with Gasteiger partial charge in [-0.2, -0.15) is 0 Å². The highest BCUT2D eigenvalue weighted by molar-refractivity contribution is 5.95. The van der Waals surface area contributed by atoms with Gasteiger partial charge in [0.1, 0.15) is 24.4 Å². The zero-order chi connectivity index (χ0) is 10.3. The average molecular weight is 193 g/mol. The molecule has 0 saturated carbocycles. The molecule has 0 fully saturated rings. The largest absolute Gasteiger partial charge is 0.385 e. The van der Waals surface area contributed by atoms with Gasteiger partial charge in [0.2, 0.25) is 0 Å². The summed E-state index contributed by atoms with van der Waals surface area (Å²) in [6.07, 6.45) is 3.42. The van der Waals surface area contributed by atoms with Crippen LogP contribution in [0.25, 0.3) is 0 Å². The minimum atomic E-state index is -0.113. The second kappa shape index (κ2) is 2.88. The van der Waals surface area contributed by atoms with Crippen LogP contribution in [-0.4, -0.2) is 48.1 Å². The topological polar surface area (TPSA) is 66.3 Å². The molecule has 5 heteroatoms. The predicted octanol–water partition coefficient (Wildman–Crippen LogP) is -0.125. The number of aliphatic imine (C=N–C) groups is 3. The van der Waals surface area contributed by atoms with Crippen molar-refractivity contribution in [3.8, 4) is 0 Å². The number of hydrogen-bond acceptors (Lipinski definition) is 5. The molecule has 0 aromatic carbocycles. The summed E-state index contributed by atoms with van der Waals surface area (Å²) in [4.78, 5) is 14.8. The first-order valence-electron chi connectivity index (χ1n) is 4.64. The summed E-state index contributed by atoms with van der Waals surface area (Å²) in [6, 6.07) is -0.113. The lowest BCUT2D eigenvalue weighted by molar-refractivity contribution is 0.144. The third kappa shape index (κ3) is 1.24. The van der Waals surface area contributed by atoms with Gasteiger partial charge in [-0.1, -0.05) is 0 Å². The van der Waals surface area contributed by atoms with E-state index >= 15 is 0 Å². The highest BCUT2D eigenvalue weighted by Gasteiger charge is 2.39. The van der Waals surface area contributed by atoms with Gasteiger partial charge in [0.15, 0.2) is 0 Å². The molecule has 0 aromatic rings. The summed E-state index contributed by atoms with van der Waals surface area (Å²) in [7, 11) is 2.03. The quantitative estimate of drug-likeness (QED) is 0.582. The average Bonchev–Trinajstić information content (AvgIpc) is 2.13. The van der Waals surface area contributed by atoms with Crippen molar-refractivity contribution in [2.45, 2.75) is 31.6 Å². The Morgan fingerprint density at radius 1 is 1.43 bits per heavy atom. The van der Waals surface area contributed by atoms with E-state index in [2.05, 4.69) is 33.7 Å². The Labute approximate surface area is 83.4 Å². The molecule has 2 N–H and O–H groups in total. The first-order chi connectivity index (χ1) is 6.52. The van der Waals surface area contributed by atoms with Gasteiger partial charge >= 0.3 is 0 Å². The molecule has 2 heterocycles. The second-order valence-corrected chi connectivity index (χ2v) is 4.22. The smallest absolute Gasteiger partial charge is 0.142 e. The molecule has 2 rings (SSSR count). The van der Waals surface area contributed by atoms with Crippen molar-refractivity contribution in [3.05, 3.63) is 0 Å². The number of amidine groups is 1. The van der Waals surface area contributed by atoms with E-state index in [0.29, 0.717) is 5.84 Å². The maximum absolute atomic E-state index is 5.76. The third-order valence-corrected chi connectivity index (χ3v) is 2.87. The number of rotatable bonds is 0. The second-order valence-electron chi connectivity index (χ2n) is 4.22. The van der Waals surface area contributed by atoms with E-state index in [9.17, 15) is 0 Å². The van der Waals surface area contributed by atoms with Crippen molar-refractivity contribution in [3.63, 3.8) is 0 Å². The third-order valence-electron chi connectivity index (χ3n) is 2.87. The van der Waals surface area contributed by atoms with Crippen molar-refractivity contribution in [1.82, 2.24) is 4.90 Å². The number of likely N-dealkylation sites (N-methyl/N-ethyl adjacent to an activating group) is 1. The van der Waals surface area contributed by atoms with Gasteiger partial charge in [-0.15, -0.1) is 0 Å². The predicted molar refractivity (Wildman–Crippen MR) is 58.0 cm³/mol. The molecule has 2 aliphatic rings. The molecule has 76 valence electrons. The zero-order valence-corrected chi connectivity index (χ0v) is 8.68. The summed E-state index contributed by atoms with van der Waals surface area (Å²) < 4.78 is 0. The Hall–Kier alpha value is -1.23. The molecule has 0 spiro atoms. The molecule has 5 nitrogen and oxygen atoms in total. The monoisotopic (exact) mass is 193 g/mol. The van der Waals surface area contributed by atoms with Crippen LogP contribution in [0.1, 0.15) is 13.8 Å². The van der Waals surface area contributed by atoms with Gasteiger partial charge in [-0.25, -0.2) is 4.99 Å². The molecule has 14 heavy (non-hydrogen) atoms. The lowest BCUT2D eigenvalue weighted by atomic mass is 9.98. The van der Waals surface area contributed by atoms with Crippen molar-refractivity contribution < 1.29 is 0 Å². The summed E-state index contributed by atoms with van der Waals surface area (Å²) in [5, 5.41) is 0. The minimum absolute atomic E-state index is 0.00694. The number of fused-ring (bicyclic) bond motifs is 1. The van der Waals surface area contributed by atoms with Crippen LogP contribution in [0.3, 0.4) is 0 Å². The van der Waals surface area contributed by atoms with E-state index in [1.807, 2.05) is 13.3 Å². The first-order valence-corrected chi connectivity index (χ1v) is 4.64. The van der Waals surface area contributed by atoms with Crippen LogP contribution < -0.4 is 5.73 Å². The molecule has 0 aliphatic carbocycles. The van der Waals surface area contributed by atoms with Crippen LogP contribution in [-0.2, 0) is 0 Å². The van der Waals surface area contributed by atoms with Crippen LogP contribution in [0.15, 0.2) is 15.0 Å². The Bertz CT molecular complexity index is 328. The minimum Gasteiger partial charge on any atom is -0.385 e. The Morgan fingerprint density at radius 3 is 2.86 bits per heavy atom. The Balaban J connectivity index is 2.37. The molecule has 2 unspecified atom stereocenters. The number of nitrogens with two attached hydrogens (primary N) is 1. The summed E-state index contributed by atoms with van der Waals surface area (Å²) in [5.74, 6) is 0.545. The van der Waals surface area contributed by atoms with Crippen molar-refractivity contribution >= 4 is 18.4 Å². The SMILES string of the molecule is CN1C2N=CN=C(N)C2N=CC1(C)C. The first kappa shape index (κ1) is 9.33. The summed E-state index contributed by atoms with van der Waals surface area (Å²) in [6.45, 7) is 4.20. The lowest BCUT2D eigenvalue weighted by Crippen LogP contribution is -2.59. The highest BCUT2D eigenvalue weighted by atomic mass is 15.3. The van der Waals surface area contributed by atoms with E-state index in [-0.39, 0.29) is 17.7 Å². The Morgan fingerprint density at radius 2 is 2.14 bits per heavy atom. The van der Waals surface area contributed by atoms with Crippen molar-refractivity contribution in [1.29, 1.82) is 0 Å². The lowest BCUT2D eigenvalue weighted by Gasteiger charge is -2.43. The van der Waals surface area contributed by atoms with E-state index < -0.39 is 0 Å². The van der Waals surface area contributed by atoms with Crippen LogP contribution in [0, 0.1) is 0 Å². The van der Waals surface area contributed by atoms with Crippen molar-refractivity contribution in [2.24, 2.45) is 20.7 Å². The molecule has 2 atom stereocenters. The maximum atomic E-state index is 5.76. The van der Waals surface area contributed by atoms with E-state index in [1.165, 1.54) is 6.34 Å². The molecule has 0 amide bonds. The molecular weight excluding hydrogens is 178 g/mol. The van der Waals surface area contributed by atoms with Crippen LogP contribution >= 0.6 is 0 Å². The van der Waals surface area contributed by atoms with Gasteiger partial charge in [-0.05, 0) is 20.9 Å². The van der Waals surface area contributed by atoms with Gasteiger partial charge in [-0.3, -0.25) is 14.9 Å². The van der Waals surface area contributed by atoms with Gasteiger partial charge in [0.05, 0.1) is 5.54 Å². The fourth-order valence-corrected chi connectivity index (χ4v) is 1.64. The summed E-state index contributed by atoms with van der Waals surface area (Å²) >= 11 is 0. The van der Waals surface area contributed by atoms with Gasteiger partial charge < -0.3 is 5.73 Å². The van der Waals surface area contributed by atoms with E-state index in [4.69, 9.17) is 5.73 Å². The number of hydrogen-bond donors (Lipinski definition) is 1. The van der Waals surface area contributed by atoms with Crippen molar-refractivity contribution in [2.75, 3.05) is 7.05 Å². The molecule has 0 radical (unpaired) electrons.